The van der Waals surface area contributed by atoms with Gasteiger partial charge < -0.3 is 14.7 Å². The van der Waals surface area contributed by atoms with Crippen LogP contribution in [-0.4, -0.2) is 30.8 Å². The van der Waals surface area contributed by atoms with Gasteiger partial charge in [0.05, 0.1) is 12.8 Å². The highest BCUT2D eigenvalue weighted by molar-refractivity contribution is 5.84. The molecule has 0 fully saturated rings. The summed E-state index contributed by atoms with van der Waals surface area (Å²) in [6.07, 6.45) is 0. The number of anilines is 1. The van der Waals surface area contributed by atoms with Gasteiger partial charge in [0.15, 0.2) is 0 Å². The number of aliphatic carboxylic acids is 1. The van der Waals surface area contributed by atoms with Crippen LogP contribution in [-0.2, 0) is 4.79 Å². The Morgan fingerprint density at radius 3 is 2.33 bits per heavy atom. The summed E-state index contributed by atoms with van der Waals surface area (Å²) in [6.45, 7) is 7.29. The average molecular weight is 251 g/mol. The van der Waals surface area contributed by atoms with Crippen molar-refractivity contribution in [2.75, 3.05) is 19.1 Å². The summed E-state index contributed by atoms with van der Waals surface area (Å²) in [5.74, 6) is -0.170. The normalized spacial score (nSPS) is 11.2. The number of likely N-dealkylation sites (N-methyl/N-ethyl adjacent to an activating group) is 1. The van der Waals surface area contributed by atoms with Crippen molar-refractivity contribution in [3.63, 3.8) is 0 Å². The zero-order valence-electron chi connectivity index (χ0n) is 11.9. The molecule has 1 rings (SSSR count). The molecular weight excluding hydrogens is 230 g/mol. The van der Waals surface area contributed by atoms with Crippen LogP contribution >= 0.6 is 0 Å². The molecule has 4 heteroatoms. The van der Waals surface area contributed by atoms with Crippen LogP contribution < -0.4 is 9.64 Å². The SMILES string of the molecule is COc1cc(C)cc(C)c1N(C)C(C)(C)C(=O)O. The minimum Gasteiger partial charge on any atom is -0.495 e. The van der Waals surface area contributed by atoms with Crippen LogP contribution in [0.25, 0.3) is 0 Å². The highest BCUT2D eigenvalue weighted by Crippen LogP contribution is 2.36. The van der Waals surface area contributed by atoms with Crippen LogP contribution in [0.3, 0.4) is 0 Å². The molecule has 4 nitrogen and oxygen atoms in total. The molecule has 1 aromatic carbocycles. The number of benzene rings is 1. The highest BCUT2D eigenvalue weighted by Gasteiger charge is 2.34. The van der Waals surface area contributed by atoms with Crippen molar-refractivity contribution in [2.24, 2.45) is 0 Å². The second kappa shape index (κ2) is 4.88. The van der Waals surface area contributed by atoms with E-state index in [1.165, 1.54) is 0 Å². The third-order valence-corrected chi connectivity index (χ3v) is 3.33. The minimum atomic E-state index is -0.993. The first-order valence-electron chi connectivity index (χ1n) is 5.84. The maximum absolute atomic E-state index is 11.3. The van der Waals surface area contributed by atoms with Crippen LogP contribution in [0.4, 0.5) is 5.69 Å². The van der Waals surface area contributed by atoms with E-state index in [9.17, 15) is 9.90 Å². The van der Waals surface area contributed by atoms with E-state index in [-0.39, 0.29) is 0 Å². The summed E-state index contributed by atoms with van der Waals surface area (Å²) >= 11 is 0. The lowest BCUT2D eigenvalue weighted by Gasteiger charge is -2.35. The molecule has 0 saturated heterocycles. The van der Waals surface area contributed by atoms with Crippen molar-refractivity contribution in [2.45, 2.75) is 33.2 Å². The smallest absolute Gasteiger partial charge is 0.328 e. The van der Waals surface area contributed by atoms with Crippen molar-refractivity contribution >= 4 is 11.7 Å². The van der Waals surface area contributed by atoms with E-state index in [1.807, 2.05) is 26.0 Å². The fourth-order valence-electron chi connectivity index (χ4n) is 1.93. The lowest BCUT2D eigenvalue weighted by atomic mass is 10.00. The van der Waals surface area contributed by atoms with E-state index in [0.717, 1.165) is 16.8 Å². The van der Waals surface area contributed by atoms with E-state index in [4.69, 9.17) is 4.74 Å². The lowest BCUT2D eigenvalue weighted by Crippen LogP contribution is -2.48. The molecule has 0 unspecified atom stereocenters. The molecule has 1 N–H and O–H groups in total. The molecule has 0 heterocycles. The fraction of sp³-hybridized carbons (Fsp3) is 0.500. The van der Waals surface area contributed by atoms with Gasteiger partial charge in [-0.05, 0) is 44.9 Å². The Kier molecular flexibility index (Phi) is 3.89. The molecule has 1 aromatic rings. The number of hydrogen-bond donors (Lipinski definition) is 1. The van der Waals surface area contributed by atoms with E-state index >= 15 is 0 Å². The summed E-state index contributed by atoms with van der Waals surface area (Å²) in [5.41, 5.74) is 1.92. The average Bonchev–Trinajstić information content (AvgIpc) is 2.26. The maximum atomic E-state index is 11.3. The Morgan fingerprint density at radius 2 is 1.89 bits per heavy atom. The molecule has 0 atom stereocenters. The summed E-state index contributed by atoms with van der Waals surface area (Å²) < 4.78 is 5.37. The summed E-state index contributed by atoms with van der Waals surface area (Å²) in [6, 6.07) is 3.93. The van der Waals surface area contributed by atoms with Gasteiger partial charge in [0.25, 0.3) is 0 Å². The molecule has 0 aliphatic rings. The number of aryl methyl sites for hydroxylation is 2. The number of ether oxygens (including phenoxy) is 1. The second-order valence-electron chi connectivity index (χ2n) is 5.06. The summed E-state index contributed by atoms with van der Waals surface area (Å²) in [7, 11) is 3.37. The van der Waals surface area contributed by atoms with Gasteiger partial charge in [0.1, 0.15) is 11.3 Å². The molecule has 100 valence electrons. The predicted octanol–water partition coefficient (Wildman–Crippen LogP) is 2.61. The Labute approximate surface area is 108 Å². The first-order valence-corrected chi connectivity index (χ1v) is 5.84. The van der Waals surface area contributed by atoms with E-state index in [0.29, 0.717) is 5.75 Å². The van der Waals surface area contributed by atoms with Gasteiger partial charge in [-0.2, -0.15) is 0 Å². The molecular formula is C14H21NO3. The molecule has 0 saturated carbocycles. The number of carboxylic acids is 1. The minimum absolute atomic E-state index is 0.698. The van der Waals surface area contributed by atoms with Crippen molar-refractivity contribution < 1.29 is 14.6 Å². The largest absolute Gasteiger partial charge is 0.495 e. The van der Waals surface area contributed by atoms with Gasteiger partial charge in [-0.25, -0.2) is 4.79 Å². The summed E-state index contributed by atoms with van der Waals surface area (Å²) in [5, 5.41) is 9.30. The number of carboxylic acid groups (broad SMARTS) is 1. The Bertz CT molecular complexity index is 466. The molecule has 0 aliphatic heterocycles. The van der Waals surface area contributed by atoms with Crippen LogP contribution in [0, 0.1) is 13.8 Å². The molecule has 0 aromatic heterocycles. The van der Waals surface area contributed by atoms with Crippen LogP contribution in [0.15, 0.2) is 12.1 Å². The monoisotopic (exact) mass is 251 g/mol. The van der Waals surface area contributed by atoms with Gasteiger partial charge in [-0.3, -0.25) is 0 Å². The fourth-order valence-corrected chi connectivity index (χ4v) is 1.93. The van der Waals surface area contributed by atoms with Crippen LogP contribution in [0.2, 0.25) is 0 Å². The number of nitrogens with zero attached hydrogens (tertiary/aromatic N) is 1. The van der Waals surface area contributed by atoms with E-state index < -0.39 is 11.5 Å². The molecule has 0 aliphatic carbocycles. The van der Waals surface area contributed by atoms with Gasteiger partial charge in [0, 0.05) is 7.05 Å². The van der Waals surface area contributed by atoms with Crippen molar-refractivity contribution in [1.82, 2.24) is 0 Å². The van der Waals surface area contributed by atoms with Gasteiger partial charge in [0.2, 0.25) is 0 Å². The Balaban J connectivity index is 3.37. The van der Waals surface area contributed by atoms with Crippen LogP contribution in [0.5, 0.6) is 5.75 Å². The zero-order valence-corrected chi connectivity index (χ0v) is 11.9. The summed E-state index contributed by atoms with van der Waals surface area (Å²) in [4.78, 5) is 13.1. The lowest BCUT2D eigenvalue weighted by molar-refractivity contribution is -0.142. The molecule has 0 radical (unpaired) electrons. The van der Waals surface area contributed by atoms with Gasteiger partial charge >= 0.3 is 5.97 Å². The molecule has 0 spiro atoms. The van der Waals surface area contributed by atoms with E-state index in [1.54, 1.807) is 32.9 Å². The third-order valence-electron chi connectivity index (χ3n) is 3.33. The quantitative estimate of drug-likeness (QED) is 0.893. The number of hydrogen-bond acceptors (Lipinski definition) is 3. The molecule has 0 amide bonds. The highest BCUT2D eigenvalue weighted by atomic mass is 16.5. The first-order chi connectivity index (χ1) is 8.21. The zero-order chi connectivity index (χ0) is 14.1. The second-order valence-corrected chi connectivity index (χ2v) is 5.06. The predicted molar refractivity (Wildman–Crippen MR) is 72.6 cm³/mol. The Hall–Kier alpha value is -1.71. The number of carbonyl (C=O) groups is 1. The first kappa shape index (κ1) is 14.4. The van der Waals surface area contributed by atoms with Crippen molar-refractivity contribution in [3.8, 4) is 5.75 Å². The van der Waals surface area contributed by atoms with Crippen molar-refractivity contribution in [3.05, 3.63) is 23.3 Å². The number of methoxy groups -OCH3 is 1. The van der Waals surface area contributed by atoms with E-state index in [2.05, 4.69) is 0 Å². The van der Waals surface area contributed by atoms with Gasteiger partial charge in [-0.15, -0.1) is 0 Å². The standard InChI is InChI=1S/C14H21NO3/c1-9-7-10(2)12(11(8-9)18-6)15(5)14(3,4)13(16)17/h7-8H,1-6H3,(H,16,17). The number of rotatable bonds is 4. The van der Waals surface area contributed by atoms with Gasteiger partial charge in [-0.1, -0.05) is 6.07 Å². The molecule has 0 bridgehead atoms. The van der Waals surface area contributed by atoms with Crippen LogP contribution in [0.1, 0.15) is 25.0 Å². The van der Waals surface area contributed by atoms with Crippen molar-refractivity contribution in [1.29, 1.82) is 0 Å². The molecule has 18 heavy (non-hydrogen) atoms. The topological polar surface area (TPSA) is 49.8 Å². The third kappa shape index (κ3) is 2.42. The Morgan fingerprint density at radius 1 is 1.33 bits per heavy atom. The maximum Gasteiger partial charge on any atom is 0.328 e.